The maximum absolute atomic E-state index is 4.32. The van der Waals surface area contributed by atoms with Gasteiger partial charge in [-0.05, 0) is 37.9 Å². The van der Waals surface area contributed by atoms with Crippen LogP contribution in [0, 0.1) is 0 Å². The quantitative estimate of drug-likeness (QED) is 0.690. The summed E-state index contributed by atoms with van der Waals surface area (Å²) in [5.74, 6) is 0. The fourth-order valence-electron chi connectivity index (χ4n) is 1.66. The van der Waals surface area contributed by atoms with Gasteiger partial charge in [0.05, 0.1) is 0 Å². The molecule has 1 aromatic heterocycles. The normalized spacial score (nSPS) is 12.3. The largest absolute Gasteiger partial charge is 0.314 e. The average molecular weight is 204 g/mol. The van der Waals surface area contributed by atoms with Gasteiger partial charge in [0, 0.05) is 17.9 Å². The predicted molar refractivity (Wildman–Crippen MR) is 64.8 cm³/mol. The number of pyridine rings is 1. The van der Waals surface area contributed by atoms with Crippen LogP contribution in [0.1, 0.15) is 25.5 Å². The summed E-state index contributed by atoms with van der Waals surface area (Å²) in [5, 5.41) is 3.45. The minimum Gasteiger partial charge on any atom is -0.314 e. The van der Waals surface area contributed by atoms with Crippen molar-refractivity contribution in [3.05, 3.63) is 42.7 Å². The van der Waals surface area contributed by atoms with Crippen molar-refractivity contribution in [1.82, 2.24) is 10.3 Å². The van der Waals surface area contributed by atoms with Crippen molar-refractivity contribution in [3.8, 4) is 0 Å². The molecule has 0 aromatic carbocycles. The van der Waals surface area contributed by atoms with Crippen LogP contribution in [0.4, 0.5) is 0 Å². The maximum atomic E-state index is 4.32. The summed E-state index contributed by atoms with van der Waals surface area (Å²) in [7, 11) is 0. The van der Waals surface area contributed by atoms with Crippen LogP contribution in [-0.4, -0.2) is 17.6 Å². The lowest BCUT2D eigenvalue weighted by Gasteiger charge is -2.15. The van der Waals surface area contributed by atoms with Gasteiger partial charge in [-0.25, -0.2) is 0 Å². The summed E-state index contributed by atoms with van der Waals surface area (Å²) < 4.78 is 0. The van der Waals surface area contributed by atoms with E-state index in [-0.39, 0.29) is 0 Å². The number of hydrogen-bond donors (Lipinski definition) is 1. The van der Waals surface area contributed by atoms with E-state index in [1.54, 1.807) is 0 Å². The molecule has 15 heavy (non-hydrogen) atoms. The topological polar surface area (TPSA) is 24.9 Å². The smallest absolute Gasteiger partial charge is 0.0404 e. The first-order chi connectivity index (χ1) is 7.36. The van der Waals surface area contributed by atoms with Gasteiger partial charge in [-0.15, -0.1) is 6.58 Å². The van der Waals surface area contributed by atoms with Gasteiger partial charge in [0.25, 0.3) is 0 Å². The molecule has 1 atom stereocenters. The van der Waals surface area contributed by atoms with E-state index < -0.39 is 0 Å². The molecule has 0 aliphatic carbocycles. The molecule has 1 aromatic rings. The van der Waals surface area contributed by atoms with Gasteiger partial charge in [0.15, 0.2) is 0 Å². The first kappa shape index (κ1) is 11.9. The second-order valence-corrected chi connectivity index (χ2v) is 3.64. The molecule has 2 heteroatoms. The van der Waals surface area contributed by atoms with Gasteiger partial charge >= 0.3 is 0 Å². The van der Waals surface area contributed by atoms with Crippen molar-refractivity contribution >= 4 is 0 Å². The van der Waals surface area contributed by atoms with Crippen molar-refractivity contribution in [2.24, 2.45) is 0 Å². The summed E-state index contributed by atoms with van der Waals surface area (Å²) >= 11 is 0. The van der Waals surface area contributed by atoms with E-state index in [1.807, 2.05) is 24.4 Å². The zero-order chi connectivity index (χ0) is 10.9. The zero-order valence-corrected chi connectivity index (χ0v) is 9.45. The predicted octanol–water partition coefficient (Wildman–Crippen LogP) is 2.57. The van der Waals surface area contributed by atoms with Crippen LogP contribution in [0.25, 0.3) is 0 Å². The first-order valence-corrected chi connectivity index (χ1v) is 5.61. The van der Waals surface area contributed by atoms with Crippen molar-refractivity contribution in [1.29, 1.82) is 0 Å². The standard InChI is InChI=1S/C13H20N2/c1-3-7-12(14-4-2)9-10-13-8-5-6-11-15-13/h3,5-6,8,11-12,14H,1,4,7,9-10H2,2H3. The van der Waals surface area contributed by atoms with Crippen LogP contribution in [0.3, 0.4) is 0 Å². The van der Waals surface area contributed by atoms with Crippen LogP contribution < -0.4 is 5.32 Å². The van der Waals surface area contributed by atoms with E-state index in [9.17, 15) is 0 Å². The molecule has 1 N–H and O–H groups in total. The second-order valence-electron chi connectivity index (χ2n) is 3.64. The number of aromatic nitrogens is 1. The molecule has 0 fully saturated rings. The van der Waals surface area contributed by atoms with Gasteiger partial charge in [-0.3, -0.25) is 4.98 Å². The Morgan fingerprint density at radius 2 is 2.40 bits per heavy atom. The Morgan fingerprint density at radius 1 is 1.53 bits per heavy atom. The molecular weight excluding hydrogens is 184 g/mol. The SMILES string of the molecule is C=CCC(CCc1ccccn1)NCC. The second kappa shape index (κ2) is 7.18. The van der Waals surface area contributed by atoms with Gasteiger partial charge in [-0.2, -0.15) is 0 Å². The van der Waals surface area contributed by atoms with E-state index in [0.717, 1.165) is 25.8 Å². The molecule has 0 aliphatic heterocycles. The summed E-state index contributed by atoms with van der Waals surface area (Å²) in [5.41, 5.74) is 1.17. The Balaban J connectivity index is 2.36. The van der Waals surface area contributed by atoms with Gasteiger partial charge in [0.1, 0.15) is 0 Å². The molecule has 1 heterocycles. The third-order valence-electron chi connectivity index (χ3n) is 2.42. The Hall–Kier alpha value is -1.15. The lowest BCUT2D eigenvalue weighted by Crippen LogP contribution is -2.28. The molecule has 0 aliphatic rings. The lowest BCUT2D eigenvalue weighted by molar-refractivity contribution is 0.496. The molecule has 82 valence electrons. The molecule has 1 rings (SSSR count). The van der Waals surface area contributed by atoms with Crippen LogP contribution >= 0.6 is 0 Å². The highest BCUT2D eigenvalue weighted by atomic mass is 14.9. The van der Waals surface area contributed by atoms with Crippen LogP contribution in [0.15, 0.2) is 37.1 Å². The maximum Gasteiger partial charge on any atom is 0.0404 e. The highest BCUT2D eigenvalue weighted by molar-refractivity contribution is 5.03. The highest BCUT2D eigenvalue weighted by Crippen LogP contribution is 2.05. The van der Waals surface area contributed by atoms with E-state index in [2.05, 4.69) is 29.9 Å². The molecule has 0 spiro atoms. The summed E-state index contributed by atoms with van der Waals surface area (Å²) in [6.07, 6.45) is 7.01. The lowest BCUT2D eigenvalue weighted by atomic mass is 10.1. The Labute approximate surface area is 92.4 Å². The Bertz CT molecular complexity index is 269. The van der Waals surface area contributed by atoms with Crippen LogP contribution in [0.2, 0.25) is 0 Å². The molecule has 2 nitrogen and oxygen atoms in total. The summed E-state index contributed by atoms with van der Waals surface area (Å²) in [4.78, 5) is 4.32. The molecule has 0 amide bonds. The minimum absolute atomic E-state index is 0.537. The van der Waals surface area contributed by atoms with Gasteiger partial charge in [-0.1, -0.05) is 19.1 Å². The van der Waals surface area contributed by atoms with E-state index in [0.29, 0.717) is 6.04 Å². The summed E-state index contributed by atoms with van der Waals surface area (Å²) in [6, 6.07) is 6.61. The molecular formula is C13H20N2. The average Bonchev–Trinajstić information content (AvgIpc) is 2.28. The molecule has 0 radical (unpaired) electrons. The van der Waals surface area contributed by atoms with E-state index in [1.165, 1.54) is 5.69 Å². The van der Waals surface area contributed by atoms with Crippen molar-refractivity contribution in [3.63, 3.8) is 0 Å². The number of rotatable bonds is 7. The number of aryl methyl sites for hydroxylation is 1. The van der Waals surface area contributed by atoms with E-state index in [4.69, 9.17) is 0 Å². The Kier molecular flexibility index (Phi) is 5.71. The fourth-order valence-corrected chi connectivity index (χ4v) is 1.66. The first-order valence-electron chi connectivity index (χ1n) is 5.61. The van der Waals surface area contributed by atoms with E-state index >= 15 is 0 Å². The molecule has 0 saturated heterocycles. The third kappa shape index (κ3) is 4.75. The number of nitrogens with zero attached hydrogens (tertiary/aromatic N) is 1. The highest BCUT2D eigenvalue weighted by Gasteiger charge is 2.05. The fraction of sp³-hybridized carbons (Fsp3) is 0.462. The Morgan fingerprint density at radius 3 is 3.00 bits per heavy atom. The number of hydrogen-bond acceptors (Lipinski definition) is 2. The molecule has 0 bridgehead atoms. The summed E-state index contributed by atoms with van der Waals surface area (Å²) in [6.45, 7) is 6.93. The van der Waals surface area contributed by atoms with Gasteiger partial charge in [0.2, 0.25) is 0 Å². The molecule has 1 unspecified atom stereocenters. The van der Waals surface area contributed by atoms with Crippen LogP contribution in [0.5, 0.6) is 0 Å². The van der Waals surface area contributed by atoms with Crippen LogP contribution in [-0.2, 0) is 6.42 Å². The van der Waals surface area contributed by atoms with Crippen molar-refractivity contribution in [2.75, 3.05) is 6.54 Å². The van der Waals surface area contributed by atoms with Gasteiger partial charge < -0.3 is 5.32 Å². The minimum atomic E-state index is 0.537. The van der Waals surface area contributed by atoms with Crippen molar-refractivity contribution < 1.29 is 0 Å². The zero-order valence-electron chi connectivity index (χ0n) is 9.45. The monoisotopic (exact) mass is 204 g/mol. The number of nitrogens with one attached hydrogen (secondary N) is 1. The molecule has 0 saturated carbocycles. The third-order valence-corrected chi connectivity index (χ3v) is 2.42. The van der Waals surface area contributed by atoms with Crippen molar-refractivity contribution in [2.45, 2.75) is 32.2 Å².